The summed E-state index contributed by atoms with van der Waals surface area (Å²) in [4.78, 5) is 12.7. The van der Waals surface area contributed by atoms with Gasteiger partial charge in [-0.25, -0.2) is 4.58 Å². The number of carbonyl (C=O) groups is 1. The van der Waals surface area contributed by atoms with Crippen molar-refractivity contribution >= 4 is 11.5 Å². The summed E-state index contributed by atoms with van der Waals surface area (Å²) in [6, 6.07) is 11.8. The number of rotatable bonds is 7. The van der Waals surface area contributed by atoms with Crippen LogP contribution >= 0.6 is 0 Å². The molecular weight excluding hydrogens is 392 g/mol. The second-order valence-electron chi connectivity index (χ2n) is 6.51. The molecule has 0 atom stereocenters. The zero-order chi connectivity index (χ0) is 17.8. The van der Waals surface area contributed by atoms with Gasteiger partial charge in [0.2, 0.25) is 12.3 Å². The summed E-state index contributed by atoms with van der Waals surface area (Å²) < 4.78 is 10.1. The van der Waals surface area contributed by atoms with Crippen molar-refractivity contribution in [3.8, 4) is 5.75 Å². The Labute approximate surface area is 166 Å². The summed E-state index contributed by atoms with van der Waals surface area (Å²) in [6.07, 6.45) is 2.08. The topological polar surface area (TPSA) is 34.2 Å². The van der Waals surface area contributed by atoms with Gasteiger partial charge in [0, 0.05) is 17.7 Å². The minimum absolute atomic E-state index is 0. The molecule has 0 N–H and O–H groups in total. The van der Waals surface area contributed by atoms with E-state index < -0.39 is 0 Å². The maximum Gasteiger partial charge on any atom is 0.227 e. The average Bonchev–Trinajstić information content (AvgIpc) is 2.99. The molecule has 0 unspecified atom stereocenters. The number of nitrogens with zero attached hydrogens (tertiary/aromatic N) is 2. The van der Waals surface area contributed by atoms with Gasteiger partial charge in [0.15, 0.2) is 12.3 Å². The van der Waals surface area contributed by atoms with Crippen LogP contribution in [0.1, 0.15) is 48.4 Å². The number of halogens is 1. The van der Waals surface area contributed by atoms with Crippen molar-refractivity contribution in [2.45, 2.75) is 40.2 Å². The Bertz CT molecular complexity index is 791. The van der Waals surface area contributed by atoms with Crippen LogP contribution in [0.5, 0.6) is 5.75 Å². The normalized spacial score (nSPS) is 13.2. The van der Waals surface area contributed by atoms with Crippen LogP contribution in [-0.2, 0) is 6.54 Å². The second-order valence-corrected chi connectivity index (χ2v) is 6.51. The fraction of sp³-hybridized carbons (Fsp3) is 0.429. The van der Waals surface area contributed by atoms with E-state index in [1.54, 1.807) is 0 Å². The lowest BCUT2D eigenvalue weighted by atomic mass is 10.1. The van der Waals surface area contributed by atoms with Gasteiger partial charge in [0.25, 0.3) is 0 Å². The average molecular weight is 419 g/mol. The van der Waals surface area contributed by atoms with E-state index in [1.807, 2.05) is 31.2 Å². The van der Waals surface area contributed by atoms with Gasteiger partial charge in [-0.1, -0.05) is 6.92 Å². The van der Waals surface area contributed by atoms with E-state index in [-0.39, 0.29) is 22.8 Å². The molecule has 5 heteroatoms. The van der Waals surface area contributed by atoms with Crippen LogP contribution in [0.3, 0.4) is 0 Å². The second kappa shape index (κ2) is 9.17. The highest BCUT2D eigenvalue weighted by molar-refractivity contribution is 5.99. The lowest BCUT2D eigenvalue weighted by Gasteiger charge is -2.19. The molecule has 0 aliphatic carbocycles. The molecule has 0 radical (unpaired) electrons. The van der Waals surface area contributed by atoms with Crippen LogP contribution in [-0.4, -0.2) is 40.3 Å². The molecule has 0 fully saturated rings. The van der Waals surface area contributed by atoms with Crippen LogP contribution in [0.2, 0.25) is 0 Å². The van der Waals surface area contributed by atoms with Crippen molar-refractivity contribution in [1.82, 2.24) is 4.57 Å². The summed E-state index contributed by atoms with van der Waals surface area (Å²) >= 11 is 0. The highest BCUT2D eigenvalue weighted by Crippen LogP contribution is 2.18. The maximum absolute atomic E-state index is 12.7. The van der Waals surface area contributed by atoms with Crippen molar-refractivity contribution in [2.24, 2.45) is 0 Å². The molecule has 1 aliphatic rings. The van der Waals surface area contributed by atoms with E-state index in [9.17, 15) is 4.79 Å². The highest BCUT2D eigenvalue weighted by Gasteiger charge is 2.27. The third-order valence-corrected chi connectivity index (χ3v) is 4.78. The Hall–Kier alpha value is -1.88. The highest BCUT2D eigenvalue weighted by atomic mass is 79.9. The monoisotopic (exact) mass is 418 g/mol. The molecule has 2 aromatic rings. The predicted octanol–water partition coefficient (Wildman–Crippen LogP) is 0.697. The first-order chi connectivity index (χ1) is 12.1. The number of Topliss-reactive ketones (excluding diaryl/α,β-unsaturated/α-hetero) is 1. The predicted molar refractivity (Wildman–Crippen MR) is 100 cm³/mol. The van der Waals surface area contributed by atoms with Gasteiger partial charge in [0.05, 0.1) is 13.2 Å². The standard InChI is InChI=1S/C21H27N2O2.BrH/c1-4-6-19-20-12-7-16(3)23(20)14-13-22(19)15-21(24)17-8-10-18(11-9-17)25-5-2;/h7-12H,4-6,13-15H2,1-3H3;1H/q+1;/p-1. The molecule has 4 nitrogen and oxygen atoms in total. The Morgan fingerprint density at radius 3 is 2.54 bits per heavy atom. The largest absolute Gasteiger partial charge is 1.00 e. The summed E-state index contributed by atoms with van der Waals surface area (Å²) in [5.74, 6) is 0.969. The van der Waals surface area contributed by atoms with E-state index in [0.29, 0.717) is 13.2 Å². The minimum atomic E-state index is 0. The van der Waals surface area contributed by atoms with Gasteiger partial charge in [-0.3, -0.25) is 4.79 Å². The van der Waals surface area contributed by atoms with Crippen LogP contribution in [0.4, 0.5) is 0 Å². The molecule has 0 amide bonds. The summed E-state index contributed by atoms with van der Waals surface area (Å²) in [5.41, 5.74) is 4.60. The number of ketones is 1. The van der Waals surface area contributed by atoms with Crippen LogP contribution in [0, 0.1) is 6.92 Å². The van der Waals surface area contributed by atoms with Gasteiger partial charge in [-0.15, -0.1) is 0 Å². The first kappa shape index (κ1) is 20.4. The number of benzene rings is 1. The smallest absolute Gasteiger partial charge is 0.227 e. The third-order valence-electron chi connectivity index (χ3n) is 4.78. The number of carbonyl (C=O) groups excluding carboxylic acids is 1. The summed E-state index contributed by atoms with van der Waals surface area (Å²) in [6.45, 7) is 9.20. The molecule has 0 saturated heterocycles. The van der Waals surface area contributed by atoms with Crippen LogP contribution in [0.25, 0.3) is 0 Å². The summed E-state index contributed by atoms with van der Waals surface area (Å²) in [5, 5.41) is 0. The zero-order valence-electron chi connectivity index (χ0n) is 15.8. The Morgan fingerprint density at radius 1 is 1.15 bits per heavy atom. The van der Waals surface area contributed by atoms with E-state index in [2.05, 4.69) is 35.1 Å². The number of hydrogen-bond donors (Lipinski definition) is 0. The zero-order valence-corrected chi connectivity index (χ0v) is 17.4. The molecule has 0 saturated carbocycles. The number of hydrogen-bond acceptors (Lipinski definition) is 2. The number of aromatic nitrogens is 1. The summed E-state index contributed by atoms with van der Waals surface area (Å²) in [7, 11) is 0. The van der Waals surface area contributed by atoms with Crippen LogP contribution in [0.15, 0.2) is 36.4 Å². The number of aryl methyl sites for hydroxylation is 1. The molecule has 1 aliphatic heterocycles. The molecule has 1 aromatic carbocycles. The Morgan fingerprint density at radius 2 is 1.88 bits per heavy atom. The van der Waals surface area contributed by atoms with Gasteiger partial charge >= 0.3 is 0 Å². The molecular formula is C21H27BrN2O2. The fourth-order valence-corrected chi connectivity index (χ4v) is 3.50. The van der Waals surface area contributed by atoms with Crippen molar-refractivity contribution in [3.05, 3.63) is 53.3 Å². The van der Waals surface area contributed by atoms with E-state index in [4.69, 9.17) is 4.74 Å². The minimum Gasteiger partial charge on any atom is -1.00 e. The van der Waals surface area contributed by atoms with Crippen molar-refractivity contribution in [2.75, 3.05) is 19.7 Å². The van der Waals surface area contributed by atoms with E-state index >= 15 is 0 Å². The number of ether oxygens (including phenoxy) is 1. The lowest BCUT2D eigenvalue weighted by Crippen LogP contribution is -3.00. The molecule has 26 heavy (non-hydrogen) atoms. The molecule has 140 valence electrons. The quantitative estimate of drug-likeness (QED) is 0.489. The first-order valence-electron chi connectivity index (χ1n) is 9.17. The van der Waals surface area contributed by atoms with Gasteiger partial charge in [0.1, 0.15) is 11.4 Å². The lowest BCUT2D eigenvalue weighted by molar-refractivity contribution is -0.519. The molecule has 0 spiro atoms. The van der Waals surface area contributed by atoms with Crippen LogP contribution < -0.4 is 21.7 Å². The van der Waals surface area contributed by atoms with Crippen molar-refractivity contribution < 1.29 is 31.1 Å². The molecule has 3 rings (SSSR count). The van der Waals surface area contributed by atoms with Crippen molar-refractivity contribution in [1.29, 1.82) is 0 Å². The third kappa shape index (κ3) is 4.26. The van der Waals surface area contributed by atoms with Gasteiger partial charge in [-0.2, -0.15) is 0 Å². The molecule has 2 heterocycles. The Balaban J connectivity index is 0.00000243. The maximum atomic E-state index is 12.7. The van der Waals surface area contributed by atoms with E-state index in [0.717, 1.165) is 37.2 Å². The van der Waals surface area contributed by atoms with E-state index in [1.165, 1.54) is 17.1 Å². The fourth-order valence-electron chi connectivity index (χ4n) is 3.50. The SMILES string of the molecule is CCCC1=[N+](CC(=O)c2ccc(OCC)cc2)CCn2c(C)ccc21.[Br-]. The van der Waals surface area contributed by atoms with Gasteiger partial charge in [-0.05, 0) is 56.7 Å². The number of fused-ring (bicyclic) bond motifs is 1. The Kier molecular flexibility index (Phi) is 7.21. The molecule has 0 bridgehead atoms. The van der Waals surface area contributed by atoms with Gasteiger partial charge < -0.3 is 26.3 Å². The molecule has 1 aromatic heterocycles. The first-order valence-corrected chi connectivity index (χ1v) is 9.17. The van der Waals surface area contributed by atoms with Crippen molar-refractivity contribution in [3.63, 3.8) is 0 Å².